The highest BCUT2D eigenvalue weighted by Crippen LogP contribution is 2.49. The van der Waals surface area contributed by atoms with Gasteiger partial charge in [0.25, 0.3) is 0 Å². The number of rotatable bonds is 0. The fourth-order valence-electron chi connectivity index (χ4n) is 3.98. The van der Waals surface area contributed by atoms with Crippen molar-refractivity contribution in [3.63, 3.8) is 0 Å². The Balaban J connectivity index is 1.92. The number of carbonyl (C=O) groups excluding carboxylic acids is 2. The van der Waals surface area contributed by atoms with Crippen molar-refractivity contribution in [2.75, 3.05) is 0 Å². The maximum atomic E-state index is 12.6. The predicted octanol–water partition coefficient (Wildman–Crippen LogP) is 2.89. The number of carbonyl (C=O) groups is 2. The first-order chi connectivity index (χ1) is 8.77. The minimum atomic E-state index is -0.0869. The first kappa shape index (κ1) is 10.2. The molecule has 0 amide bonds. The van der Waals surface area contributed by atoms with Crippen molar-refractivity contribution in [2.24, 2.45) is 23.7 Å². The normalized spacial score (nSPS) is 36.4. The maximum absolute atomic E-state index is 12.6. The lowest BCUT2D eigenvalue weighted by molar-refractivity contribution is 0.0520. The third-order valence-electron chi connectivity index (χ3n) is 4.81. The number of hydrogen-bond acceptors (Lipinski definition) is 2. The predicted molar refractivity (Wildman–Crippen MR) is 67.4 cm³/mol. The van der Waals surface area contributed by atoms with E-state index in [0.29, 0.717) is 11.1 Å². The molecule has 0 aliphatic heterocycles. The molecule has 1 aromatic carbocycles. The van der Waals surface area contributed by atoms with Crippen LogP contribution >= 0.6 is 0 Å². The number of ketones is 2. The lowest BCUT2D eigenvalue weighted by Gasteiger charge is -2.45. The lowest BCUT2D eigenvalue weighted by Crippen LogP contribution is -2.48. The first-order valence-electron chi connectivity index (χ1n) is 6.63. The zero-order chi connectivity index (χ0) is 12.3. The Morgan fingerprint density at radius 1 is 0.778 bits per heavy atom. The lowest BCUT2D eigenvalue weighted by atomic mass is 9.56. The summed E-state index contributed by atoms with van der Waals surface area (Å²) in [6.45, 7) is 0. The standard InChI is InChI=1S/C16H14O2/c17-15-11-3-1-2-4-12(11)16(18)14-10-7-5-9(6-8-10)13(14)15/h1-5,7,9-10,13-14H,6,8H2/t9-,10-,13-,14-/m0/s1. The summed E-state index contributed by atoms with van der Waals surface area (Å²) in [7, 11) is 0. The Morgan fingerprint density at radius 2 is 1.22 bits per heavy atom. The van der Waals surface area contributed by atoms with Gasteiger partial charge in [0.05, 0.1) is 0 Å². The molecule has 0 spiro atoms. The van der Waals surface area contributed by atoms with E-state index in [1.165, 1.54) is 0 Å². The Bertz CT molecular complexity index is 534. The zero-order valence-electron chi connectivity index (χ0n) is 10.0. The Kier molecular flexibility index (Phi) is 1.94. The maximum Gasteiger partial charge on any atom is 0.168 e. The van der Waals surface area contributed by atoms with E-state index in [9.17, 15) is 9.59 Å². The smallest absolute Gasteiger partial charge is 0.168 e. The Labute approximate surface area is 106 Å². The average Bonchev–Trinajstić information content (AvgIpc) is 2.45. The van der Waals surface area contributed by atoms with Gasteiger partial charge < -0.3 is 0 Å². The van der Waals surface area contributed by atoms with E-state index in [4.69, 9.17) is 0 Å². The second-order valence-electron chi connectivity index (χ2n) is 5.62. The van der Waals surface area contributed by atoms with Crippen LogP contribution in [0.2, 0.25) is 0 Å². The highest BCUT2D eigenvalue weighted by Gasteiger charge is 2.51. The second-order valence-corrected chi connectivity index (χ2v) is 5.62. The van der Waals surface area contributed by atoms with Crippen molar-refractivity contribution in [1.82, 2.24) is 0 Å². The Morgan fingerprint density at radius 3 is 1.61 bits per heavy atom. The molecule has 0 unspecified atom stereocenters. The molecule has 4 atom stereocenters. The summed E-state index contributed by atoms with van der Waals surface area (Å²) < 4.78 is 0. The molecule has 0 saturated heterocycles. The van der Waals surface area contributed by atoms with Crippen molar-refractivity contribution in [3.8, 4) is 0 Å². The summed E-state index contributed by atoms with van der Waals surface area (Å²) in [6, 6.07) is 7.30. The third kappa shape index (κ3) is 1.13. The zero-order valence-corrected chi connectivity index (χ0v) is 10.0. The van der Waals surface area contributed by atoms with E-state index in [1.807, 2.05) is 12.1 Å². The molecule has 2 bridgehead atoms. The summed E-state index contributed by atoms with van der Waals surface area (Å²) in [5, 5.41) is 0. The van der Waals surface area contributed by atoms with Gasteiger partial charge in [-0.1, -0.05) is 36.4 Å². The summed E-state index contributed by atoms with van der Waals surface area (Å²) in [5.74, 6) is 0.769. The second kappa shape index (κ2) is 3.41. The quantitative estimate of drug-likeness (QED) is 0.651. The van der Waals surface area contributed by atoms with Gasteiger partial charge in [-0.25, -0.2) is 0 Å². The molecule has 4 aliphatic carbocycles. The molecule has 1 saturated carbocycles. The Hall–Kier alpha value is -1.70. The molecule has 90 valence electrons. The van der Waals surface area contributed by atoms with Crippen LogP contribution in [0.25, 0.3) is 0 Å². The summed E-state index contributed by atoms with van der Waals surface area (Å²) in [6.07, 6.45) is 6.44. The highest BCUT2D eigenvalue weighted by molar-refractivity contribution is 6.16. The van der Waals surface area contributed by atoms with E-state index >= 15 is 0 Å². The molecule has 5 rings (SSSR count). The fraction of sp³-hybridized carbons (Fsp3) is 0.375. The largest absolute Gasteiger partial charge is 0.294 e. The van der Waals surface area contributed by atoms with E-state index < -0.39 is 0 Å². The molecule has 2 nitrogen and oxygen atoms in total. The van der Waals surface area contributed by atoms with Gasteiger partial charge in [0.2, 0.25) is 0 Å². The van der Waals surface area contributed by atoms with E-state index in [0.717, 1.165) is 12.8 Å². The van der Waals surface area contributed by atoms with Gasteiger partial charge in [-0.2, -0.15) is 0 Å². The van der Waals surface area contributed by atoms with Gasteiger partial charge in [-0.05, 0) is 24.7 Å². The van der Waals surface area contributed by atoms with Gasteiger partial charge in [0, 0.05) is 23.0 Å². The number of benzene rings is 1. The highest BCUT2D eigenvalue weighted by atomic mass is 16.1. The van der Waals surface area contributed by atoms with E-state index in [2.05, 4.69) is 12.2 Å². The summed E-state index contributed by atoms with van der Waals surface area (Å²) >= 11 is 0. The van der Waals surface area contributed by atoms with Gasteiger partial charge in [0.15, 0.2) is 11.6 Å². The molecular formula is C16H14O2. The number of fused-ring (bicyclic) bond motifs is 2. The molecule has 1 aromatic rings. The molecule has 4 aliphatic rings. The SMILES string of the molecule is O=C1c2ccccc2C(=O)[C@@H]2[C@@H]1[C@H]1C=C[C@H]2CC1. The van der Waals surface area contributed by atoms with Crippen molar-refractivity contribution in [2.45, 2.75) is 12.8 Å². The van der Waals surface area contributed by atoms with Gasteiger partial charge in [0.1, 0.15) is 0 Å². The average molecular weight is 238 g/mol. The molecule has 0 aromatic heterocycles. The number of Topliss-reactive ketones (excluding diaryl/α,β-unsaturated/α-hetero) is 2. The minimum absolute atomic E-state index is 0.0869. The monoisotopic (exact) mass is 238 g/mol. The van der Waals surface area contributed by atoms with E-state index in [1.54, 1.807) is 12.1 Å². The topological polar surface area (TPSA) is 34.1 Å². The summed E-state index contributed by atoms with van der Waals surface area (Å²) in [5.41, 5.74) is 1.29. The molecular weight excluding hydrogens is 224 g/mol. The molecule has 0 N–H and O–H groups in total. The van der Waals surface area contributed by atoms with Gasteiger partial charge >= 0.3 is 0 Å². The van der Waals surface area contributed by atoms with Crippen LogP contribution in [0.4, 0.5) is 0 Å². The molecule has 1 fully saturated rings. The van der Waals surface area contributed by atoms with Crippen LogP contribution in [-0.4, -0.2) is 11.6 Å². The van der Waals surface area contributed by atoms with Gasteiger partial charge in [-0.15, -0.1) is 0 Å². The number of allylic oxidation sites excluding steroid dienone is 2. The van der Waals surface area contributed by atoms with Crippen molar-refractivity contribution in [3.05, 3.63) is 47.5 Å². The van der Waals surface area contributed by atoms with Crippen LogP contribution in [0.1, 0.15) is 33.6 Å². The minimum Gasteiger partial charge on any atom is -0.294 e. The van der Waals surface area contributed by atoms with Crippen molar-refractivity contribution < 1.29 is 9.59 Å². The van der Waals surface area contributed by atoms with Crippen molar-refractivity contribution in [1.29, 1.82) is 0 Å². The van der Waals surface area contributed by atoms with Crippen LogP contribution in [0.5, 0.6) is 0 Å². The van der Waals surface area contributed by atoms with Crippen LogP contribution in [0, 0.1) is 23.7 Å². The van der Waals surface area contributed by atoms with Crippen molar-refractivity contribution >= 4 is 11.6 Å². The number of hydrogen-bond donors (Lipinski definition) is 0. The summed E-state index contributed by atoms with van der Waals surface area (Å²) in [4.78, 5) is 25.2. The van der Waals surface area contributed by atoms with Crippen LogP contribution in [-0.2, 0) is 0 Å². The molecule has 0 radical (unpaired) electrons. The van der Waals surface area contributed by atoms with Crippen LogP contribution in [0.15, 0.2) is 36.4 Å². The molecule has 2 heteroatoms. The van der Waals surface area contributed by atoms with Crippen LogP contribution < -0.4 is 0 Å². The van der Waals surface area contributed by atoms with Gasteiger partial charge in [-0.3, -0.25) is 9.59 Å². The first-order valence-corrected chi connectivity index (χ1v) is 6.63. The molecule has 0 heterocycles. The van der Waals surface area contributed by atoms with Crippen LogP contribution in [0.3, 0.4) is 0 Å². The third-order valence-corrected chi connectivity index (χ3v) is 4.81. The molecule has 18 heavy (non-hydrogen) atoms. The fourth-order valence-corrected chi connectivity index (χ4v) is 3.98. The van der Waals surface area contributed by atoms with E-state index in [-0.39, 0.29) is 35.2 Å².